The van der Waals surface area contributed by atoms with E-state index in [4.69, 9.17) is 0 Å². The van der Waals surface area contributed by atoms with E-state index >= 15 is 0 Å². The summed E-state index contributed by atoms with van der Waals surface area (Å²) in [5.74, 6) is -0.0809. The molecular formula is C9H14FNO. The fraction of sp³-hybridized carbons (Fsp3) is 0.667. The van der Waals surface area contributed by atoms with Crippen molar-refractivity contribution in [3.05, 3.63) is 11.1 Å². The Morgan fingerprint density at radius 3 is 2.83 bits per heavy atom. The topological polar surface area (TPSA) is 29.1 Å². The minimum Gasteiger partial charge on any atom is -0.350 e. The van der Waals surface area contributed by atoms with Crippen LogP contribution in [0.25, 0.3) is 0 Å². The molecule has 0 saturated carbocycles. The lowest BCUT2D eigenvalue weighted by molar-refractivity contribution is -0.117. The number of rotatable bonds is 3. The molecule has 0 aromatic rings. The van der Waals surface area contributed by atoms with E-state index in [9.17, 15) is 9.18 Å². The van der Waals surface area contributed by atoms with Crippen molar-refractivity contribution in [2.45, 2.75) is 26.2 Å². The number of hydrogen-bond donors (Lipinski definition) is 1. The van der Waals surface area contributed by atoms with Crippen LogP contribution in [-0.4, -0.2) is 19.1 Å². The summed E-state index contributed by atoms with van der Waals surface area (Å²) < 4.78 is 11.7. The number of nitrogens with one attached hydrogen (secondary N) is 1. The Morgan fingerprint density at radius 1 is 1.58 bits per heavy atom. The molecule has 0 atom stereocenters. The Hall–Kier alpha value is -0.860. The molecule has 1 rings (SSSR count). The minimum atomic E-state index is -0.488. The first-order valence-corrected chi connectivity index (χ1v) is 4.28. The first-order valence-electron chi connectivity index (χ1n) is 4.28. The Labute approximate surface area is 71.8 Å². The molecule has 3 heteroatoms. The average Bonchev–Trinajstić information content (AvgIpc) is 2.47. The molecule has 0 aromatic heterocycles. The minimum absolute atomic E-state index is 0.0809. The molecule has 0 radical (unpaired) electrons. The molecule has 0 aromatic carbocycles. The van der Waals surface area contributed by atoms with Gasteiger partial charge < -0.3 is 5.32 Å². The van der Waals surface area contributed by atoms with Crippen LogP contribution in [0.15, 0.2) is 11.1 Å². The molecule has 0 bridgehead atoms. The van der Waals surface area contributed by atoms with Crippen LogP contribution >= 0.6 is 0 Å². The maximum atomic E-state index is 11.7. The highest BCUT2D eigenvalue weighted by atomic mass is 19.1. The summed E-state index contributed by atoms with van der Waals surface area (Å²) in [6.45, 7) is 1.62. The average molecular weight is 171 g/mol. The summed E-state index contributed by atoms with van der Waals surface area (Å²) >= 11 is 0. The standard InChI is InChI=1S/C9H14FNO/c1-7-3-2-4-8(7)9(12)11-6-5-10/h2-6H2,1H3,(H,11,12). The van der Waals surface area contributed by atoms with Crippen LogP contribution in [0.2, 0.25) is 0 Å². The van der Waals surface area contributed by atoms with Crippen LogP contribution in [0.5, 0.6) is 0 Å². The van der Waals surface area contributed by atoms with Gasteiger partial charge in [-0.15, -0.1) is 0 Å². The molecule has 0 spiro atoms. The zero-order valence-electron chi connectivity index (χ0n) is 7.32. The Bertz CT molecular complexity index is 211. The smallest absolute Gasteiger partial charge is 0.247 e. The van der Waals surface area contributed by atoms with Crippen molar-refractivity contribution >= 4 is 5.91 Å². The summed E-state index contributed by atoms with van der Waals surface area (Å²) in [4.78, 5) is 11.3. The quantitative estimate of drug-likeness (QED) is 0.686. The van der Waals surface area contributed by atoms with Crippen molar-refractivity contribution in [3.63, 3.8) is 0 Å². The Balaban J connectivity index is 2.46. The van der Waals surface area contributed by atoms with Gasteiger partial charge >= 0.3 is 0 Å². The number of allylic oxidation sites excluding steroid dienone is 1. The van der Waals surface area contributed by atoms with Gasteiger partial charge in [-0.25, -0.2) is 4.39 Å². The lowest BCUT2D eigenvalue weighted by atomic mass is 10.1. The van der Waals surface area contributed by atoms with Crippen molar-refractivity contribution in [1.29, 1.82) is 0 Å². The SMILES string of the molecule is CC1=C(C(=O)NCCF)CCC1. The van der Waals surface area contributed by atoms with Crippen molar-refractivity contribution < 1.29 is 9.18 Å². The van der Waals surface area contributed by atoms with Gasteiger partial charge in [-0.3, -0.25) is 4.79 Å². The zero-order valence-corrected chi connectivity index (χ0v) is 7.32. The Kier molecular flexibility index (Phi) is 3.26. The molecular weight excluding hydrogens is 157 g/mol. The maximum absolute atomic E-state index is 11.7. The third-order valence-corrected chi connectivity index (χ3v) is 2.15. The fourth-order valence-corrected chi connectivity index (χ4v) is 1.47. The molecule has 0 aliphatic heterocycles. The third kappa shape index (κ3) is 2.06. The van der Waals surface area contributed by atoms with E-state index in [2.05, 4.69) is 5.32 Å². The van der Waals surface area contributed by atoms with Gasteiger partial charge in [0, 0.05) is 12.1 Å². The van der Waals surface area contributed by atoms with E-state index in [1.807, 2.05) is 6.92 Å². The molecule has 1 aliphatic carbocycles. The largest absolute Gasteiger partial charge is 0.350 e. The Morgan fingerprint density at radius 2 is 2.33 bits per heavy atom. The highest BCUT2D eigenvalue weighted by Gasteiger charge is 2.16. The van der Waals surface area contributed by atoms with Crippen molar-refractivity contribution in [3.8, 4) is 0 Å². The van der Waals surface area contributed by atoms with Gasteiger partial charge in [-0.2, -0.15) is 0 Å². The van der Waals surface area contributed by atoms with Gasteiger partial charge in [-0.1, -0.05) is 5.57 Å². The molecule has 1 amide bonds. The van der Waals surface area contributed by atoms with Crippen LogP contribution in [0.3, 0.4) is 0 Å². The van der Waals surface area contributed by atoms with Gasteiger partial charge in [0.25, 0.3) is 0 Å². The van der Waals surface area contributed by atoms with Crippen molar-refractivity contribution in [2.75, 3.05) is 13.2 Å². The second-order valence-corrected chi connectivity index (χ2v) is 3.06. The summed E-state index contributed by atoms with van der Waals surface area (Å²) in [7, 11) is 0. The highest BCUT2D eigenvalue weighted by Crippen LogP contribution is 2.24. The summed E-state index contributed by atoms with van der Waals surface area (Å²) in [5.41, 5.74) is 2.02. The predicted molar refractivity (Wildman–Crippen MR) is 45.5 cm³/mol. The van der Waals surface area contributed by atoms with E-state index in [0.29, 0.717) is 0 Å². The van der Waals surface area contributed by atoms with Gasteiger partial charge in [0.15, 0.2) is 0 Å². The lowest BCUT2D eigenvalue weighted by Gasteiger charge is -2.03. The number of carbonyl (C=O) groups excluding carboxylic acids is 1. The highest BCUT2D eigenvalue weighted by molar-refractivity contribution is 5.94. The van der Waals surface area contributed by atoms with Crippen molar-refractivity contribution in [1.82, 2.24) is 5.32 Å². The van der Waals surface area contributed by atoms with E-state index in [-0.39, 0.29) is 12.5 Å². The van der Waals surface area contributed by atoms with E-state index in [1.54, 1.807) is 0 Å². The van der Waals surface area contributed by atoms with Gasteiger partial charge in [-0.05, 0) is 26.2 Å². The molecule has 0 fully saturated rings. The first kappa shape index (κ1) is 9.23. The zero-order chi connectivity index (χ0) is 8.97. The molecule has 1 N–H and O–H groups in total. The van der Waals surface area contributed by atoms with Gasteiger partial charge in [0.1, 0.15) is 6.67 Å². The second kappa shape index (κ2) is 4.24. The predicted octanol–water partition coefficient (Wildman–Crippen LogP) is 1.57. The molecule has 12 heavy (non-hydrogen) atoms. The van der Waals surface area contributed by atoms with Crippen molar-refractivity contribution in [2.24, 2.45) is 0 Å². The van der Waals surface area contributed by atoms with Gasteiger partial charge in [0.2, 0.25) is 5.91 Å². The molecule has 2 nitrogen and oxygen atoms in total. The van der Waals surface area contributed by atoms with Gasteiger partial charge in [0.05, 0.1) is 0 Å². The number of carbonyl (C=O) groups is 1. The molecule has 0 heterocycles. The van der Waals surface area contributed by atoms with Crippen LogP contribution in [0.1, 0.15) is 26.2 Å². The normalized spacial score (nSPS) is 16.8. The fourth-order valence-electron chi connectivity index (χ4n) is 1.47. The summed E-state index contributed by atoms with van der Waals surface area (Å²) in [6.07, 6.45) is 2.92. The summed E-state index contributed by atoms with van der Waals surface area (Å²) in [5, 5.41) is 2.53. The summed E-state index contributed by atoms with van der Waals surface area (Å²) in [6, 6.07) is 0. The maximum Gasteiger partial charge on any atom is 0.247 e. The number of halogens is 1. The monoisotopic (exact) mass is 171 g/mol. The van der Waals surface area contributed by atoms with E-state index in [0.717, 1.165) is 30.4 Å². The molecule has 68 valence electrons. The van der Waals surface area contributed by atoms with Crippen LogP contribution in [0, 0.1) is 0 Å². The van der Waals surface area contributed by atoms with Crippen LogP contribution < -0.4 is 5.32 Å². The number of amides is 1. The second-order valence-electron chi connectivity index (χ2n) is 3.06. The third-order valence-electron chi connectivity index (χ3n) is 2.15. The lowest BCUT2D eigenvalue weighted by Crippen LogP contribution is -2.26. The molecule has 0 unspecified atom stereocenters. The van der Waals surface area contributed by atoms with Crippen LogP contribution in [0.4, 0.5) is 4.39 Å². The number of hydrogen-bond acceptors (Lipinski definition) is 1. The first-order chi connectivity index (χ1) is 5.75. The van der Waals surface area contributed by atoms with Crippen LogP contribution in [-0.2, 0) is 4.79 Å². The number of alkyl halides is 1. The molecule has 0 saturated heterocycles. The van der Waals surface area contributed by atoms with E-state index in [1.165, 1.54) is 0 Å². The van der Waals surface area contributed by atoms with E-state index < -0.39 is 6.67 Å². The molecule has 1 aliphatic rings.